The largest absolute Gasteiger partial charge is 0.399 e. The number of aliphatic hydroxyl groups is 1. The monoisotopic (exact) mass is 278 g/mol. The molecule has 0 aromatic heterocycles. The number of primary amides is 1. The maximum Gasteiger partial charge on any atom is 0.250 e. The third-order valence-electron chi connectivity index (χ3n) is 3.63. The Balaban J connectivity index is 2.18. The van der Waals surface area contributed by atoms with Crippen LogP contribution >= 0.6 is 0 Å². The Kier molecular flexibility index (Phi) is 4.81. The molecule has 0 unspecified atom stereocenters. The zero-order valence-corrected chi connectivity index (χ0v) is 11.6. The summed E-state index contributed by atoms with van der Waals surface area (Å²) in [7, 11) is 0. The lowest BCUT2D eigenvalue weighted by Gasteiger charge is -2.25. The normalized spacial score (nSPS) is 16.9. The second-order valence-electron chi connectivity index (χ2n) is 5.05. The second kappa shape index (κ2) is 6.58. The average molecular weight is 278 g/mol. The first kappa shape index (κ1) is 14.6. The number of anilines is 2. The SMILES string of the molecule is NC(=O)c1ccc(N)cc1N1CCCN(CCO)CC1. The van der Waals surface area contributed by atoms with E-state index in [0.717, 1.165) is 38.3 Å². The van der Waals surface area contributed by atoms with Crippen molar-refractivity contribution in [1.82, 2.24) is 4.90 Å². The van der Waals surface area contributed by atoms with Crippen LogP contribution in [0.5, 0.6) is 0 Å². The lowest BCUT2D eigenvalue weighted by molar-refractivity contribution is 0.100. The molecule has 1 aromatic rings. The van der Waals surface area contributed by atoms with Crippen molar-refractivity contribution in [2.24, 2.45) is 5.73 Å². The summed E-state index contributed by atoms with van der Waals surface area (Å²) >= 11 is 0. The highest BCUT2D eigenvalue weighted by atomic mass is 16.3. The van der Waals surface area contributed by atoms with Crippen LogP contribution in [-0.4, -0.2) is 55.2 Å². The quantitative estimate of drug-likeness (QED) is 0.667. The van der Waals surface area contributed by atoms with E-state index in [4.69, 9.17) is 16.6 Å². The van der Waals surface area contributed by atoms with Gasteiger partial charge in [0.1, 0.15) is 0 Å². The number of benzene rings is 1. The van der Waals surface area contributed by atoms with Gasteiger partial charge in [0, 0.05) is 31.9 Å². The topological polar surface area (TPSA) is 95.8 Å². The van der Waals surface area contributed by atoms with E-state index in [-0.39, 0.29) is 6.61 Å². The van der Waals surface area contributed by atoms with Gasteiger partial charge in [-0.05, 0) is 31.2 Å². The van der Waals surface area contributed by atoms with E-state index in [1.807, 2.05) is 6.07 Å². The number of carbonyl (C=O) groups is 1. The lowest BCUT2D eigenvalue weighted by Crippen LogP contribution is -2.33. The van der Waals surface area contributed by atoms with Gasteiger partial charge in [-0.25, -0.2) is 0 Å². The van der Waals surface area contributed by atoms with Gasteiger partial charge in [0.2, 0.25) is 0 Å². The predicted molar refractivity (Wildman–Crippen MR) is 79.7 cm³/mol. The van der Waals surface area contributed by atoms with E-state index in [0.29, 0.717) is 17.8 Å². The van der Waals surface area contributed by atoms with Gasteiger partial charge in [-0.2, -0.15) is 0 Å². The molecule has 1 heterocycles. The Morgan fingerprint density at radius 2 is 2.05 bits per heavy atom. The molecule has 0 radical (unpaired) electrons. The van der Waals surface area contributed by atoms with Gasteiger partial charge in [-0.1, -0.05) is 0 Å². The summed E-state index contributed by atoms with van der Waals surface area (Å²) in [5, 5.41) is 9.01. The summed E-state index contributed by atoms with van der Waals surface area (Å²) < 4.78 is 0. The van der Waals surface area contributed by atoms with E-state index in [9.17, 15) is 4.79 Å². The molecule has 5 N–H and O–H groups in total. The van der Waals surface area contributed by atoms with Crippen LogP contribution < -0.4 is 16.4 Å². The van der Waals surface area contributed by atoms with Crippen LogP contribution in [0.3, 0.4) is 0 Å². The molecule has 20 heavy (non-hydrogen) atoms. The van der Waals surface area contributed by atoms with E-state index >= 15 is 0 Å². The molecule has 1 aliphatic heterocycles. The minimum atomic E-state index is -0.434. The second-order valence-corrected chi connectivity index (χ2v) is 5.05. The van der Waals surface area contributed by atoms with Crippen molar-refractivity contribution in [3.05, 3.63) is 23.8 Å². The molecule has 1 amide bonds. The van der Waals surface area contributed by atoms with Crippen LogP contribution in [0.4, 0.5) is 11.4 Å². The average Bonchev–Trinajstić information content (AvgIpc) is 2.64. The van der Waals surface area contributed by atoms with Crippen LogP contribution in [-0.2, 0) is 0 Å². The molecule has 2 rings (SSSR count). The highest BCUT2D eigenvalue weighted by molar-refractivity contribution is 5.99. The van der Waals surface area contributed by atoms with E-state index in [1.54, 1.807) is 12.1 Å². The summed E-state index contributed by atoms with van der Waals surface area (Å²) in [6, 6.07) is 5.19. The molecule has 0 atom stereocenters. The Labute approximate surface area is 119 Å². The highest BCUT2D eigenvalue weighted by Crippen LogP contribution is 2.24. The van der Waals surface area contributed by atoms with Gasteiger partial charge in [0.25, 0.3) is 5.91 Å². The smallest absolute Gasteiger partial charge is 0.250 e. The van der Waals surface area contributed by atoms with Gasteiger partial charge in [-0.15, -0.1) is 0 Å². The third kappa shape index (κ3) is 3.40. The van der Waals surface area contributed by atoms with E-state index in [1.165, 1.54) is 0 Å². The van der Waals surface area contributed by atoms with Crippen LogP contribution in [0.15, 0.2) is 18.2 Å². The number of aliphatic hydroxyl groups excluding tert-OH is 1. The number of carbonyl (C=O) groups excluding carboxylic acids is 1. The molecule has 1 aromatic carbocycles. The first-order chi connectivity index (χ1) is 9.61. The van der Waals surface area contributed by atoms with Crippen LogP contribution in [0.1, 0.15) is 16.8 Å². The molecule has 0 saturated carbocycles. The van der Waals surface area contributed by atoms with Gasteiger partial charge in [0.05, 0.1) is 17.9 Å². The van der Waals surface area contributed by atoms with Crippen molar-refractivity contribution in [3.63, 3.8) is 0 Å². The number of rotatable bonds is 4. The molecule has 6 heteroatoms. The fraction of sp³-hybridized carbons (Fsp3) is 0.500. The number of nitrogen functional groups attached to an aromatic ring is 1. The number of hydrogen-bond acceptors (Lipinski definition) is 5. The van der Waals surface area contributed by atoms with Crippen LogP contribution in [0.2, 0.25) is 0 Å². The number of nitrogens with two attached hydrogens (primary N) is 2. The Bertz CT molecular complexity index is 478. The number of nitrogens with zero attached hydrogens (tertiary/aromatic N) is 2. The van der Waals surface area contributed by atoms with Crippen molar-refractivity contribution >= 4 is 17.3 Å². The molecule has 0 bridgehead atoms. The first-order valence-corrected chi connectivity index (χ1v) is 6.89. The van der Waals surface area contributed by atoms with E-state index in [2.05, 4.69) is 9.80 Å². The molecular weight excluding hydrogens is 256 g/mol. The Morgan fingerprint density at radius 1 is 1.25 bits per heavy atom. The minimum Gasteiger partial charge on any atom is -0.399 e. The molecule has 1 fully saturated rings. The third-order valence-corrected chi connectivity index (χ3v) is 3.63. The molecule has 110 valence electrons. The first-order valence-electron chi connectivity index (χ1n) is 6.89. The summed E-state index contributed by atoms with van der Waals surface area (Å²) in [5.74, 6) is -0.434. The maximum atomic E-state index is 11.5. The van der Waals surface area contributed by atoms with Crippen molar-refractivity contribution < 1.29 is 9.90 Å². The summed E-state index contributed by atoms with van der Waals surface area (Å²) in [5.41, 5.74) is 13.2. The molecule has 1 aliphatic rings. The predicted octanol–water partition coefficient (Wildman–Crippen LogP) is -0.128. The van der Waals surface area contributed by atoms with Crippen molar-refractivity contribution in [2.45, 2.75) is 6.42 Å². The number of hydrogen-bond donors (Lipinski definition) is 3. The highest BCUT2D eigenvalue weighted by Gasteiger charge is 2.19. The summed E-state index contributed by atoms with van der Waals surface area (Å²) in [4.78, 5) is 15.9. The molecule has 0 spiro atoms. The number of β-amino-alcohol motifs (C(OH)–C–C–N with tert-alkyl or cyclic N) is 1. The van der Waals surface area contributed by atoms with E-state index < -0.39 is 5.91 Å². The fourth-order valence-electron chi connectivity index (χ4n) is 2.60. The van der Waals surface area contributed by atoms with Gasteiger partial charge in [0.15, 0.2) is 0 Å². The zero-order chi connectivity index (χ0) is 14.5. The summed E-state index contributed by atoms with van der Waals surface area (Å²) in [6.45, 7) is 4.31. The Hall–Kier alpha value is -1.79. The minimum absolute atomic E-state index is 0.171. The van der Waals surface area contributed by atoms with Crippen LogP contribution in [0, 0.1) is 0 Å². The van der Waals surface area contributed by atoms with Crippen molar-refractivity contribution in [1.29, 1.82) is 0 Å². The molecule has 6 nitrogen and oxygen atoms in total. The van der Waals surface area contributed by atoms with Gasteiger partial charge in [-0.3, -0.25) is 9.69 Å². The summed E-state index contributed by atoms with van der Waals surface area (Å²) in [6.07, 6.45) is 0.979. The van der Waals surface area contributed by atoms with Gasteiger partial charge >= 0.3 is 0 Å². The number of amides is 1. The molecule has 0 aliphatic carbocycles. The van der Waals surface area contributed by atoms with Gasteiger partial charge < -0.3 is 21.5 Å². The zero-order valence-electron chi connectivity index (χ0n) is 11.6. The maximum absolute atomic E-state index is 11.5. The van der Waals surface area contributed by atoms with Crippen molar-refractivity contribution in [2.75, 3.05) is 50.0 Å². The van der Waals surface area contributed by atoms with Crippen LogP contribution in [0.25, 0.3) is 0 Å². The fourth-order valence-corrected chi connectivity index (χ4v) is 2.60. The molecular formula is C14H22N4O2. The Morgan fingerprint density at radius 3 is 2.75 bits per heavy atom. The van der Waals surface area contributed by atoms with Crippen molar-refractivity contribution in [3.8, 4) is 0 Å². The lowest BCUT2D eigenvalue weighted by atomic mass is 10.1. The molecule has 1 saturated heterocycles. The standard InChI is InChI=1S/C14H22N4O2/c15-11-2-3-12(14(16)20)13(10-11)18-5-1-4-17(6-7-18)8-9-19/h2-3,10,19H,1,4-9,15H2,(H2,16,20).